The third kappa shape index (κ3) is 3.61. The molecule has 0 amide bonds. The summed E-state index contributed by atoms with van der Waals surface area (Å²) >= 11 is 0. The second-order valence-corrected chi connectivity index (χ2v) is 5.13. The van der Waals surface area contributed by atoms with Gasteiger partial charge in [0, 0.05) is 26.0 Å². The summed E-state index contributed by atoms with van der Waals surface area (Å²) in [5.74, 6) is 1.11. The fourth-order valence-corrected chi connectivity index (χ4v) is 1.70. The first-order chi connectivity index (χ1) is 7.48. The first-order valence-corrected chi connectivity index (χ1v) is 5.87. The molecule has 0 saturated carbocycles. The molecule has 0 radical (unpaired) electrons. The van der Waals surface area contributed by atoms with E-state index in [4.69, 9.17) is 5.73 Å². The Morgan fingerprint density at radius 1 is 1.50 bits per heavy atom. The predicted molar refractivity (Wildman–Crippen MR) is 67.0 cm³/mol. The first-order valence-electron chi connectivity index (χ1n) is 5.87. The minimum Gasteiger partial charge on any atom is -0.337 e. The molecule has 92 valence electrons. The molecule has 4 heteroatoms. The van der Waals surface area contributed by atoms with Crippen molar-refractivity contribution in [1.82, 2.24) is 14.5 Å². The summed E-state index contributed by atoms with van der Waals surface area (Å²) in [6.45, 7) is 10.2. The first kappa shape index (κ1) is 13.2. The van der Waals surface area contributed by atoms with Crippen LogP contribution in [-0.2, 0) is 13.6 Å². The Balaban J connectivity index is 2.59. The summed E-state index contributed by atoms with van der Waals surface area (Å²) in [5.41, 5.74) is 5.93. The maximum Gasteiger partial charge on any atom is 0.122 e. The van der Waals surface area contributed by atoms with E-state index < -0.39 is 0 Å². The lowest BCUT2D eigenvalue weighted by Gasteiger charge is -2.30. The number of rotatable bonds is 6. The molecule has 16 heavy (non-hydrogen) atoms. The van der Waals surface area contributed by atoms with Gasteiger partial charge in [0.2, 0.25) is 0 Å². The second kappa shape index (κ2) is 5.46. The third-order valence-electron chi connectivity index (χ3n) is 2.94. The molecule has 0 unspecified atom stereocenters. The summed E-state index contributed by atoms with van der Waals surface area (Å²) in [4.78, 5) is 6.73. The Hall–Kier alpha value is -0.870. The van der Waals surface area contributed by atoms with Gasteiger partial charge in [0.25, 0.3) is 0 Å². The molecule has 2 N–H and O–H groups in total. The molecule has 0 saturated heterocycles. The van der Waals surface area contributed by atoms with Crippen LogP contribution in [-0.4, -0.2) is 34.1 Å². The van der Waals surface area contributed by atoms with Gasteiger partial charge in [0.15, 0.2) is 0 Å². The van der Waals surface area contributed by atoms with Crippen molar-refractivity contribution in [2.75, 3.05) is 19.6 Å². The Bertz CT molecular complexity index is 317. The van der Waals surface area contributed by atoms with E-state index in [0.29, 0.717) is 6.54 Å². The zero-order valence-corrected chi connectivity index (χ0v) is 10.9. The lowest BCUT2D eigenvalue weighted by atomic mass is 9.93. The van der Waals surface area contributed by atoms with Crippen molar-refractivity contribution in [1.29, 1.82) is 0 Å². The summed E-state index contributed by atoms with van der Waals surface area (Å²) < 4.78 is 2.07. The number of nitrogens with two attached hydrogens (primary N) is 1. The molecule has 1 aromatic heterocycles. The van der Waals surface area contributed by atoms with E-state index in [1.165, 1.54) is 0 Å². The fourth-order valence-electron chi connectivity index (χ4n) is 1.70. The monoisotopic (exact) mass is 224 g/mol. The molecule has 0 spiro atoms. The highest BCUT2D eigenvalue weighted by Crippen LogP contribution is 2.16. The standard InChI is InChI=1S/C12H24N4/c1-5-16(10-12(2,3)9-13)8-11-14-6-7-15(11)4/h6-7H,5,8-10,13H2,1-4H3. The van der Waals surface area contributed by atoms with Gasteiger partial charge in [-0.05, 0) is 18.5 Å². The Labute approximate surface area is 98.5 Å². The summed E-state index contributed by atoms with van der Waals surface area (Å²) in [6, 6.07) is 0. The van der Waals surface area contributed by atoms with E-state index in [9.17, 15) is 0 Å². The SMILES string of the molecule is CCN(Cc1nccn1C)CC(C)(C)CN. The predicted octanol–water partition coefficient (Wildman–Crippen LogP) is 1.23. The third-order valence-corrected chi connectivity index (χ3v) is 2.94. The van der Waals surface area contributed by atoms with Gasteiger partial charge < -0.3 is 10.3 Å². The Morgan fingerprint density at radius 3 is 2.62 bits per heavy atom. The van der Waals surface area contributed by atoms with Gasteiger partial charge in [0.1, 0.15) is 5.82 Å². The topological polar surface area (TPSA) is 47.1 Å². The molecule has 4 nitrogen and oxygen atoms in total. The van der Waals surface area contributed by atoms with Crippen LogP contribution >= 0.6 is 0 Å². The fraction of sp³-hybridized carbons (Fsp3) is 0.750. The molecule has 1 heterocycles. The van der Waals surface area contributed by atoms with E-state index in [0.717, 1.165) is 25.5 Å². The van der Waals surface area contributed by atoms with Crippen LogP contribution < -0.4 is 5.73 Å². The molecule has 0 aliphatic rings. The normalized spacial score (nSPS) is 12.4. The zero-order chi connectivity index (χ0) is 12.2. The second-order valence-electron chi connectivity index (χ2n) is 5.13. The van der Waals surface area contributed by atoms with Crippen LogP contribution in [0.3, 0.4) is 0 Å². The molecule has 1 rings (SSSR count). The van der Waals surface area contributed by atoms with E-state index in [1.54, 1.807) is 0 Å². The number of hydrogen-bond donors (Lipinski definition) is 1. The number of imidazole rings is 1. The van der Waals surface area contributed by atoms with Crippen molar-refractivity contribution in [2.45, 2.75) is 27.3 Å². The molecule has 0 bridgehead atoms. The summed E-state index contributed by atoms with van der Waals surface area (Å²) in [5, 5.41) is 0. The van der Waals surface area contributed by atoms with Gasteiger partial charge in [-0.1, -0.05) is 20.8 Å². The van der Waals surface area contributed by atoms with Crippen molar-refractivity contribution in [3.05, 3.63) is 18.2 Å². The molecule has 0 aliphatic carbocycles. The van der Waals surface area contributed by atoms with Gasteiger partial charge >= 0.3 is 0 Å². The van der Waals surface area contributed by atoms with Crippen LogP contribution in [0.1, 0.15) is 26.6 Å². The van der Waals surface area contributed by atoms with Crippen LogP contribution in [0, 0.1) is 5.41 Å². The number of nitrogens with zero attached hydrogens (tertiary/aromatic N) is 3. The number of hydrogen-bond acceptors (Lipinski definition) is 3. The maximum absolute atomic E-state index is 5.77. The van der Waals surface area contributed by atoms with Crippen molar-refractivity contribution < 1.29 is 0 Å². The minimum atomic E-state index is 0.168. The van der Waals surface area contributed by atoms with Gasteiger partial charge in [-0.15, -0.1) is 0 Å². The lowest BCUT2D eigenvalue weighted by molar-refractivity contribution is 0.178. The van der Waals surface area contributed by atoms with Crippen LogP contribution in [0.25, 0.3) is 0 Å². The van der Waals surface area contributed by atoms with Crippen molar-refractivity contribution in [3.8, 4) is 0 Å². The average Bonchev–Trinajstić information content (AvgIpc) is 2.63. The van der Waals surface area contributed by atoms with Gasteiger partial charge in [0.05, 0.1) is 6.54 Å². The maximum atomic E-state index is 5.77. The van der Waals surface area contributed by atoms with Gasteiger partial charge in [-0.3, -0.25) is 4.90 Å². The van der Waals surface area contributed by atoms with Crippen molar-refractivity contribution in [2.24, 2.45) is 18.2 Å². The lowest BCUT2D eigenvalue weighted by Crippen LogP contribution is -2.38. The van der Waals surface area contributed by atoms with E-state index in [1.807, 2.05) is 19.4 Å². The molecule has 0 atom stereocenters. The number of aromatic nitrogens is 2. The molecular weight excluding hydrogens is 200 g/mol. The van der Waals surface area contributed by atoms with E-state index in [-0.39, 0.29) is 5.41 Å². The Kier molecular flexibility index (Phi) is 4.50. The van der Waals surface area contributed by atoms with Crippen molar-refractivity contribution in [3.63, 3.8) is 0 Å². The van der Waals surface area contributed by atoms with Crippen LogP contribution in [0.15, 0.2) is 12.4 Å². The van der Waals surface area contributed by atoms with E-state index in [2.05, 4.69) is 35.2 Å². The van der Waals surface area contributed by atoms with Crippen LogP contribution in [0.5, 0.6) is 0 Å². The molecule has 0 aliphatic heterocycles. The largest absolute Gasteiger partial charge is 0.337 e. The molecule has 0 fully saturated rings. The van der Waals surface area contributed by atoms with Gasteiger partial charge in [-0.2, -0.15) is 0 Å². The summed E-state index contributed by atoms with van der Waals surface area (Å²) in [6.07, 6.45) is 3.83. The quantitative estimate of drug-likeness (QED) is 0.790. The molecule has 1 aromatic rings. The molecule has 0 aromatic carbocycles. The Morgan fingerprint density at radius 2 is 2.19 bits per heavy atom. The smallest absolute Gasteiger partial charge is 0.122 e. The average molecular weight is 224 g/mol. The highest BCUT2D eigenvalue weighted by molar-refractivity contribution is 4.91. The van der Waals surface area contributed by atoms with Crippen LogP contribution in [0.2, 0.25) is 0 Å². The highest BCUT2D eigenvalue weighted by atomic mass is 15.2. The van der Waals surface area contributed by atoms with E-state index >= 15 is 0 Å². The van der Waals surface area contributed by atoms with Crippen molar-refractivity contribution >= 4 is 0 Å². The minimum absolute atomic E-state index is 0.168. The highest BCUT2D eigenvalue weighted by Gasteiger charge is 2.20. The summed E-state index contributed by atoms with van der Waals surface area (Å²) in [7, 11) is 2.03. The van der Waals surface area contributed by atoms with Gasteiger partial charge in [-0.25, -0.2) is 4.98 Å². The zero-order valence-electron chi connectivity index (χ0n) is 10.9. The number of aryl methyl sites for hydroxylation is 1. The van der Waals surface area contributed by atoms with Crippen LogP contribution in [0.4, 0.5) is 0 Å². The molecular formula is C12H24N4.